The molecule has 0 fully saturated rings. The van der Waals surface area contributed by atoms with Gasteiger partial charge in [0.15, 0.2) is 0 Å². The van der Waals surface area contributed by atoms with Gasteiger partial charge in [0.2, 0.25) is 0 Å². The minimum absolute atomic E-state index is 0.317. The standard InChI is InChI=1S/C17H29NO/c1-7-10-18-16(12-17(3,4)5)15-9-8-14(19-6)11-13(15)2/h8-9,11,16,18H,7,10,12H2,1-6H3. The molecule has 0 spiro atoms. The Morgan fingerprint density at radius 1 is 1.26 bits per heavy atom. The van der Waals surface area contributed by atoms with E-state index in [9.17, 15) is 0 Å². The number of aryl methyl sites for hydroxylation is 1. The van der Waals surface area contributed by atoms with E-state index in [-0.39, 0.29) is 0 Å². The minimum atomic E-state index is 0.317. The van der Waals surface area contributed by atoms with Crippen molar-refractivity contribution in [3.05, 3.63) is 29.3 Å². The first-order chi connectivity index (χ1) is 8.87. The van der Waals surface area contributed by atoms with Crippen LogP contribution < -0.4 is 10.1 Å². The Labute approximate surface area is 118 Å². The fourth-order valence-corrected chi connectivity index (χ4v) is 2.39. The summed E-state index contributed by atoms with van der Waals surface area (Å²) in [5.74, 6) is 0.936. The third-order valence-corrected chi connectivity index (χ3v) is 3.31. The van der Waals surface area contributed by atoms with Crippen molar-refractivity contribution in [1.82, 2.24) is 5.32 Å². The predicted molar refractivity (Wildman–Crippen MR) is 82.8 cm³/mol. The zero-order valence-electron chi connectivity index (χ0n) is 13.3. The van der Waals surface area contributed by atoms with Crippen LogP contribution in [0.3, 0.4) is 0 Å². The lowest BCUT2D eigenvalue weighted by Gasteiger charge is -2.28. The van der Waals surface area contributed by atoms with Crippen LogP contribution in [0.5, 0.6) is 5.75 Å². The lowest BCUT2D eigenvalue weighted by Crippen LogP contribution is -2.27. The first kappa shape index (κ1) is 16.0. The van der Waals surface area contributed by atoms with Gasteiger partial charge in [-0.05, 0) is 55.0 Å². The van der Waals surface area contributed by atoms with Crippen molar-refractivity contribution in [2.75, 3.05) is 13.7 Å². The second kappa shape index (κ2) is 6.95. The van der Waals surface area contributed by atoms with Crippen molar-refractivity contribution in [3.63, 3.8) is 0 Å². The van der Waals surface area contributed by atoms with E-state index in [4.69, 9.17) is 4.74 Å². The fourth-order valence-electron chi connectivity index (χ4n) is 2.39. The molecule has 0 aliphatic rings. The maximum atomic E-state index is 5.29. The Morgan fingerprint density at radius 3 is 2.42 bits per heavy atom. The molecule has 0 radical (unpaired) electrons. The van der Waals surface area contributed by atoms with Crippen molar-refractivity contribution in [2.45, 2.75) is 53.5 Å². The van der Waals surface area contributed by atoms with Crippen LogP contribution in [0.1, 0.15) is 57.7 Å². The van der Waals surface area contributed by atoms with Crippen molar-refractivity contribution in [2.24, 2.45) is 5.41 Å². The first-order valence-corrected chi connectivity index (χ1v) is 7.25. The van der Waals surface area contributed by atoms with Gasteiger partial charge in [-0.1, -0.05) is 33.8 Å². The SMILES string of the molecule is CCCNC(CC(C)(C)C)c1ccc(OC)cc1C. The summed E-state index contributed by atoms with van der Waals surface area (Å²) in [7, 11) is 1.72. The molecule has 19 heavy (non-hydrogen) atoms. The predicted octanol–water partition coefficient (Wildman–Crippen LogP) is 4.48. The minimum Gasteiger partial charge on any atom is -0.497 e. The molecule has 2 nitrogen and oxygen atoms in total. The lowest BCUT2D eigenvalue weighted by molar-refractivity contribution is 0.311. The van der Waals surface area contributed by atoms with Crippen LogP contribution in [0.4, 0.5) is 0 Å². The molecule has 0 saturated carbocycles. The van der Waals surface area contributed by atoms with E-state index < -0.39 is 0 Å². The van der Waals surface area contributed by atoms with Crippen LogP contribution in [-0.4, -0.2) is 13.7 Å². The number of hydrogen-bond donors (Lipinski definition) is 1. The number of rotatable bonds is 6. The second-order valence-electron chi connectivity index (χ2n) is 6.49. The maximum absolute atomic E-state index is 5.29. The van der Waals surface area contributed by atoms with Gasteiger partial charge in [0.1, 0.15) is 5.75 Å². The maximum Gasteiger partial charge on any atom is 0.119 e. The van der Waals surface area contributed by atoms with E-state index >= 15 is 0 Å². The molecule has 1 atom stereocenters. The average Bonchev–Trinajstić information content (AvgIpc) is 2.33. The van der Waals surface area contributed by atoms with Gasteiger partial charge < -0.3 is 10.1 Å². The van der Waals surface area contributed by atoms with Crippen LogP contribution in [0.15, 0.2) is 18.2 Å². The molecule has 0 aromatic heterocycles. The van der Waals surface area contributed by atoms with E-state index in [1.807, 2.05) is 0 Å². The van der Waals surface area contributed by atoms with Crippen LogP contribution in [0, 0.1) is 12.3 Å². The van der Waals surface area contributed by atoms with E-state index in [0.717, 1.165) is 25.1 Å². The van der Waals surface area contributed by atoms with Gasteiger partial charge in [0.05, 0.1) is 7.11 Å². The molecular weight excluding hydrogens is 234 g/mol. The van der Waals surface area contributed by atoms with E-state index in [1.54, 1.807) is 7.11 Å². The van der Waals surface area contributed by atoms with Gasteiger partial charge in [-0.15, -0.1) is 0 Å². The molecule has 1 aromatic carbocycles. The Balaban J connectivity index is 2.96. The van der Waals surface area contributed by atoms with Gasteiger partial charge in [-0.2, -0.15) is 0 Å². The highest BCUT2D eigenvalue weighted by Gasteiger charge is 2.21. The molecular formula is C17H29NO. The summed E-state index contributed by atoms with van der Waals surface area (Å²) in [5.41, 5.74) is 3.01. The van der Waals surface area contributed by atoms with Crippen molar-refractivity contribution in [3.8, 4) is 5.75 Å². The van der Waals surface area contributed by atoms with E-state index in [1.165, 1.54) is 11.1 Å². The second-order valence-corrected chi connectivity index (χ2v) is 6.49. The van der Waals surface area contributed by atoms with E-state index in [2.05, 4.69) is 58.1 Å². The van der Waals surface area contributed by atoms with Crippen molar-refractivity contribution in [1.29, 1.82) is 0 Å². The van der Waals surface area contributed by atoms with Gasteiger partial charge in [-0.3, -0.25) is 0 Å². The quantitative estimate of drug-likeness (QED) is 0.817. The van der Waals surface area contributed by atoms with Crippen molar-refractivity contribution < 1.29 is 4.74 Å². The molecule has 0 heterocycles. The van der Waals surface area contributed by atoms with Gasteiger partial charge in [-0.25, -0.2) is 0 Å². The largest absolute Gasteiger partial charge is 0.497 e. The molecule has 108 valence electrons. The Hall–Kier alpha value is -1.02. The van der Waals surface area contributed by atoms with Gasteiger partial charge in [0.25, 0.3) is 0 Å². The molecule has 1 unspecified atom stereocenters. The van der Waals surface area contributed by atoms with Crippen molar-refractivity contribution >= 4 is 0 Å². The molecule has 0 amide bonds. The molecule has 0 aliphatic carbocycles. The average molecular weight is 263 g/mol. The smallest absolute Gasteiger partial charge is 0.119 e. The summed E-state index contributed by atoms with van der Waals surface area (Å²) in [5, 5.41) is 3.68. The lowest BCUT2D eigenvalue weighted by atomic mass is 9.84. The summed E-state index contributed by atoms with van der Waals surface area (Å²) in [6.45, 7) is 12.3. The fraction of sp³-hybridized carbons (Fsp3) is 0.647. The summed E-state index contributed by atoms with van der Waals surface area (Å²) in [4.78, 5) is 0. The molecule has 0 bridgehead atoms. The molecule has 1 aromatic rings. The zero-order valence-corrected chi connectivity index (χ0v) is 13.3. The third kappa shape index (κ3) is 5.23. The summed E-state index contributed by atoms with van der Waals surface area (Å²) >= 11 is 0. The number of benzene rings is 1. The normalized spacial score (nSPS) is 13.4. The highest BCUT2D eigenvalue weighted by atomic mass is 16.5. The molecule has 0 saturated heterocycles. The number of nitrogens with one attached hydrogen (secondary N) is 1. The molecule has 1 rings (SSSR count). The monoisotopic (exact) mass is 263 g/mol. The number of ether oxygens (including phenoxy) is 1. The van der Waals surface area contributed by atoms with Gasteiger partial charge >= 0.3 is 0 Å². The summed E-state index contributed by atoms with van der Waals surface area (Å²) in [6.07, 6.45) is 2.30. The Bertz CT molecular complexity index is 393. The molecule has 1 N–H and O–H groups in total. The number of methoxy groups -OCH3 is 1. The Kier molecular flexibility index (Phi) is 5.86. The third-order valence-electron chi connectivity index (χ3n) is 3.31. The zero-order chi connectivity index (χ0) is 14.5. The highest BCUT2D eigenvalue weighted by molar-refractivity contribution is 5.36. The topological polar surface area (TPSA) is 21.3 Å². The van der Waals surface area contributed by atoms with Gasteiger partial charge in [0, 0.05) is 6.04 Å². The first-order valence-electron chi connectivity index (χ1n) is 7.25. The number of hydrogen-bond acceptors (Lipinski definition) is 2. The van der Waals surface area contributed by atoms with Crippen LogP contribution in [0.25, 0.3) is 0 Å². The van der Waals surface area contributed by atoms with E-state index in [0.29, 0.717) is 11.5 Å². The van der Waals surface area contributed by atoms with Crippen LogP contribution in [0.2, 0.25) is 0 Å². The molecule has 2 heteroatoms. The Morgan fingerprint density at radius 2 is 1.95 bits per heavy atom. The van der Waals surface area contributed by atoms with Crippen LogP contribution >= 0.6 is 0 Å². The summed E-state index contributed by atoms with van der Waals surface area (Å²) < 4.78 is 5.29. The summed E-state index contributed by atoms with van der Waals surface area (Å²) in [6, 6.07) is 6.81. The van der Waals surface area contributed by atoms with Crippen LogP contribution in [-0.2, 0) is 0 Å². The molecule has 0 aliphatic heterocycles. The highest BCUT2D eigenvalue weighted by Crippen LogP contribution is 2.32.